The minimum absolute atomic E-state index is 0.276. The van der Waals surface area contributed by atoms with Gasteiger partial charge in [0, 0.05) is 16.8 Å². The van der Waals surface area contributed by atoms with Gasteiger partial charge in [0.2, 0.25) is 0 Å². The lowest BCUT2D eigenvalue weighted by molar-refractivity contribution is 0.656. The molecule has 18 heavy (non-hydrogen) atoms. The van der Waals surface area contributed by atoms with Gasteiger partial charge in [-0.1, -0.05) is 13.8 Å². The van der Waals surface area contributed by atoms with Crippen molar-refractivity contribution in [3.8, 4) is 0 Å². The average molecular weight is 247 g/mol. The summed E-state index contributed by atoms with van der Waals surface area (Å²) in [7, 11) is 0. The molecule has 0 aromatic carbocycles. The van der Waals surface area contributed by atoms with E-state index >= 15 is 0 Å². The summed E-state index contributed by atoms with van der Waals surface area (Å²) in [5.74, 6) is 1.06. The molecule has 1 aliphatic carbocycles. The first-order valence-electron chi connectivity index (χ1n) is 7.12. The van der Waals surface area contributed by atoms with Crippen molar-refractivity contribution < 1.29 is 0 Å². The molecular weight excluding hydrogens is 222 g/mol. The second-order valence-electron chi connectivity index (χ2n) is 5.71. The fourth-order valence-corrected chi connectivity index (χ4v) is 2.35. The van der Waals surface area contributed by atoms with Gasteiger partial charge in [-0.05, 0) is 58.2 Å². The topological polar surface area (TPSA) is 37.8 Å². The summed E-state index contributed by atoms with van der Waals surface area (Å²) in [5, 5.41) is 3.36. The zero-order valence-electron chi connectivity index (χ0n) is 12.1. The lowest BCUT2D eigenvalue weighted by Gasteiger charge is -2.14. The predicted molar refractivity (Wildman–Crippen MR) is 75.0 cm³/mol. The Labute approximate surface area is 110 Å². The normalized spacial score (nSPS) is 16.9. The van der Waals surface area contributed by atoms with E-state index in [9.17, 15) is 0 Å². The third-order valence-corrected chi connectivity index (χ3v) is 3.99. The van der Waals surface area contributed by atoms with Crippen LogP contribution < -0.4 is 5.32 Å². The van der Waals surface area contributed by atoms with Crippen molar-refractivity contribution in [2.45, 2.75) is 58.8 Å². The van der Waals surface area contributed by atoms with E-state index in [1.54, 1.807) is 0 Å². The summed E-state index contributed by atoms with van der Waals surface area (Å²) >= 11 is 0. The van der Waals surface area contributed by atoms with E-state index in [2.05, 4.69) is 33.0 Å². The number of hydrogen-bond acceptors (Lipinski definition) is 3. The highest BCUT2D eigenvalue weighted by molar-refractivity contribution is 5.28. The molecule has 2 rings (SSSR count). The molecule has 0 bridgehead atoms. The SMILES string of the molecule is CCNCCCc1c(C)nc(C2(C)CC2)nc1C. The number of hydrogen-bond donors (Lipinski definition) is 1. The van der Waals surface area contributed by atoms with E-state index in [1.807, 2.05) is 0 Å². The molecule has 0 spiro atoms. The van der Waals surface area contributed by atoms with Crippen LogP contribution in [0, 0.1) is 13.8 Å². The van der Waals surface area contributed by atoms with E-state index in [0.29, 0.717) is 0 Å². The standard InChI is InChI=1S/C15H25N3/c1-5-16-10-6-7-13-11(2)17-14(18-12(13)3)15(4)8-9-15/h16H,5-10H2,1-4H3. The van der Waals surface area contributed by atoms with Gasteiger partial charge >= 0.3 is 0 Å². The zero-order chi connectivity index (χ0) is 13.2. The van der Waals surface area contributed by atoms with Gasteiger partial charge in [-0.3, -0.25) is 0 Å². The Kier molecular flexibility index (Phi) is 4.00. The van der Waals surface area contributed by atoms with Gasteiger partial charge in [0.25, 0.3) is 0 Å². The number of aromatic nitrogens is 2. The highest BCUT2D eigenvalue weighted by Crippen LogP contribution is 2.46. The monoisotopic (exact) mass is 247 g/mol. The maximum atomic E-state index is 4.74. The van der Waals surface area contributed by atoms with Crippen LogP contribution in [0.4, 0.5) is 0 Å². The van der Waals surface area contributed by atoms with E-state index in [-0.39, 0.29) is 5.41 Å². The fourth-order valence-electron chi connectivity index (χ4n) is 2.35. The molecule has 0 amide bonds. The van der Waals surface area contributed by atoms with Crippen molar-refractivity contribution in [2.24, 2.45) is 0 Å². The first-order chi connectivity index (χ1) is 8.57. The van der Waals surface area contributed by atoms with Crippen LogP contribution in [-0.4, -0.2) is 23.1 Å². The summed E-state index contributed by atoms with van der Waals surface area (Å²) < 4.78 is 0. The highest BCUT2D eigenvalue weighted by atomic mass is 14.9. The number of rotatable bonds is 6. The molecule has 3 heteroatoms. The van der Waals surface area contributed by atoms with Gasteiger partial charge in [-0.2, -0.15) is 0 Å². The van der Waals surface area contributed by atoms with E-state index in [1.165, 1.54) is 29.8 Å². The lowest BCUT2D eigenvalue weighted by Crippen LogP contribution is -2.16. The summed E-state index contributed by atoms with van der Waals surface area (Å²) in [5.41, 5.74) is 3.99. The molecule has 100 valence electrons. The first-order valence-corrected chi connectivity index (χ1v) is 7.12. The quantitative estimate of drug-likeness (QED) is 0.785. The molecule has 1 heterocycles. The van der Waals surface area contributed by atoms with Crippen molar-refractivity contribution in [3.63, 3.8) is 0 Å². The van der Waals surface area contributed by atoms with Crippen molar-refractivity contribution in [3.05, 3.63) is 22.8 Å². The maximum Gasteiger partial charge on any atom is 0.134 e. The molecule has 1 N–H and O–H groups in total. The highest BCUT2D eigenvalue weighted by Gasteiger charge is 2.42. The third kappa shape index (κ3) is 2.89. The Morgan fingerprint density at radius 2 is 1.78 bits per heavy atom. The van der Waals surface area contributed by atoms with Crippen LogP contribution in [0.2, 0.25) is 0 Å². The van der Waals surface area contributed by atoms with E-state index < -0.39 is 0 Å². The molecule has 0 atom stereocenters. The van der Waals surface area contributed by atoms with Crippen LogP contribution in [-0.2, 0) is 11.8 Å². The van der Waals surface area contributed by atoms with Gasteiger partial charge in [-0.25, -0.2) is 9.97 Å². The third-order valence-electron chi connectivity index (χ3n) is 3.99. The lowest BCUT2D eigenvalue weighted by atomic mass is 10.0. The predicted octanol–water partition coefficient (Wildman–Crippen LogP) is 2.69. The molecule has 0 unspecified atom stereocenters. The Morgan fingerprint density at radius 3 is 2.28 bits per heavy atom. The van der Waals surface area contributed by atoms with Crippen LogP contribution in [0.15, 0.2) is 0 Å². The van der Waals surface area contributed by atoms with Crippen molar-refractivity contribution in [1.82, 2.24) is 15.3 Å². The van der Waals surface area contributed by atoms with Crippen LogP contribution in [0.3, 0.4) is 0 Å². The second kappa shape index (κ2) is 5.35. The molecule has 1 aromatic rings. The Balaban J connectivity index is 2.07. The molecule has 1 aliphatic rings. The van der Waals surface area contributed by atoms with Crippen molar-refractivity contribution >= 4 is 0 Å². The smallest absolute Gasteiger partial charge is 0.134 e. The Morgan fingerprint density at radius 1 is 1.17 bits per heavy atom. The van der Waals surface area contributed by atoms with Gasteiger partial charge in [-0.15, -0.1) is 0 Å². The van der Waals surface area contributed by atoms with E-state index in [4.69, 9.17) is 9.97 Å². The zero-order valence-corrected chi connectivity index (χ0v) is 12.1. The van der Waals surface area contributed by atoms with Crippen LogP contribution in [0.25, 0.3) is 0 Å². The number of aryl methyl sites for hydroxylation is 2. The molecule has 0 saturated heterocycles. The van der Waals surface area contributed by atoms with Gasteiger partial charge < -0.3 is 5.32 Å². The summed E-state index contributed by atoms with van der Waals surface area (Å²) in [6.45, 7) is 10.8. The van der Waals surface area contributed by atoms with Crippen LogP contribution >= 0.6 is 0 Å². The maximum absolute atomic E-state index is 4.74. The Bertz CT molecular complexity index is 399. The molecular formula is C15H25N3. The second-order valence-corrected chi connectivity index (χ2v) is 5.71. The number of nitrogens with one attached hydrogen (secondary N) is 1. The summed E-state index contributed by atoms with van der Waals surface area (Å²) in [4.78, 5) is 9.47. The van der Waals surface area contributed by atoms with Gasteiger partial charge in [0.1, 0.15) is 5.82 Å². The van der Waals surface area contributed by atoms with Crippen LogP contribution in [0.1, 0.15) is 55.9 Å². The molecule has 1 aromatic heterocycles. The molecule has 1 saturated carbocycles. The molecule has 0 aliphatic heterocycles. The summed E-state index contributed by atoms with van der Waals surface area (Å²) in [6, 6.07) is 0. The minimum atomic E-state index is 0.276. The first kappa shape index (κ1) is 13.5. The van der Waals surface area contributed by atoms with Gasteiger partial charge in [0.05, 0.1) is 0 Å². The van der Waals surface area contributed by atoms with E-state index in [0.717, 1.165) is 31.8 Å². The molecule has 0 radical (unpaired) electrons. The minimum Gasteiger partial charge on any atom is -0.317 e. The van der Waals surface area contributed by atoms with Crippen LogP contribution in [0.5, 0.6) is 0 Å². The largest absolute Gasteiger partial charge is 0.317 e. The summed E-state index contributed by atoms with van der Waals surface area (Å²) in [6.07, 6.45) is 4.73. The average Bonchev–Trinajstić information content (AvgIpc) is 3.06. The number of nitrogens with zero attached hydrogens (tertiary/aromatic N) is 2. The van der Waals surface area contributed by atoms with Gasteiger partial charge in [0.15, 0.2) is 0 Å². The molecule has 3 nitrogen and oxygen atoms in total. The van der Waals surface area contributed by atoms with Crippen molar-refractivity contribution in [2.75, 3.05) is 13.1 Å². The molecule has 1 fully saturated rings. The Hall–Kier alpha value is -0.960. The fraction of sp³-hybridized carbons (Fsp3) is 0.733. The van der Waals surface area contributed by atoms with Crippen molar-refractivity contribution in [1.29, 1.82) is 0 Å².